The molecular formula is C19H27N3OS. The maximum absolute atomic E-state index is 6.08. The van der Waals surface area contributed by atoms with Gasteiger partial charge in [0.1, 0.15) is 0 Å². The van der Waals surface area contributed by atoms with Crippen LogP contribution in [0.2, 0.25) is 0 Å². The van der Waals surface area contributed by atoms with Crippen molar-refractivity contribution in [2.24, 2.45) is 0 Å². The van der Waals surface area contributed by atoms with Crippen molar-refractivity contribution in [3.05, 3.63) is 52.0 Å². The Labute approximate surface area is 149 Å². The molecule has 1 fully saturated rings. The number of hydrogen-bond donors (Lipinski definition) is 0. The molecule has 2 heterocycles. The molecule has 1 aromatic carbocycles. The van der Waals surface area contributed by atoms with Gasteiger partial charge < -0.3 is 4.74 Å². The third kappa shape index (κ3) is 5.38. The third-order valence-corrected chi connectivity index (χ3v) is 5.12. The molecule has 0 bridgehead atoms. The summed E-state index contributed by atoms with van der Waals surface area (Å²) >= 11 is 1.72. The average Bonchev–Trinajstić information content (AvgIpc) is 2.84. The molecule has 0 spiro atoms. The van der Waals surface area contributed by atoms with E-state index in [0.717, 1.165) is 56.5 Å². The van der Waals surface area contributed by atoms with Crippen LogP contribution in [0.25, 0.3) is 0 Å². The van der Waals surface area contributed by atoms with E-state index in [-0.39, 0.29) is 6.10 Å². The van der Waals surface area contributed by atoms with E-state index in [1.807, 2.05) is 0 Å². The molecule has 4 nitrogen and oxygen atoms in total. The average molecular weight is 346 g/mol. The van der Waals surface area contributed by atoms with Crippen molar-refractivity contribution in [3.63, 3.8) is 0 Å². The van der Waals surface area contributed by atoms with E-state index < -0.39 is 0 Å². The number of aryl methyl sites for hydroxylation is 1. The molecule has 1 saturated heterocycles. The monoisotopic (exact) mass is 345 g/mol. The Morgan fingerprint density at radius 3 is 2.92 bits per heavy atom. The second kappa shape index (κ2) is 8.72. The van der Waals surface area contributed by atoms with E-state index in [9.17, 15) is 0 Å². The first kappa shape index (κ1) is 17.5. The summed E-state index contributed by atoms with van der Waals surface area (Å²) in [4.78, 5) is 9.40. The summed E-state index contributed by atoms with van der Waals surface area (Å²) in [6, 6.07) is 10.7. The first-order valence-corrected chi connectivity index (χ1v) is 9.54. The Hall–Kier alpha value is -1.27. The van der Waals surface area contributed by atoms with Crippen molar-refractivity contribution < 1.29 is 4.74 Å². The van der Waals surface area contributed by atoms with Gasteiger partial charge in [-0.25, -0.2) is 4.98 Å². The summed E-state index contributed by atoms with van der Waals surface area (Å²) in [5.41, 5.74) is 2.54. The number of nitrogens with zero attached hydrogens (tertiary/aromatic N) is 3. The predicted molar refractivity (Wildman–Crippen MR) is 99.3 cm³/mol. The van der Waals surface area contributed by atoms with E-state index in [1.165, 1.54) is 5.56 Å². The number of rotatable bonds is 6. The van der Waals surface area contributed by atoms with Crippen molar-refractivity contribution in [2.45, 2.75) is 32.5 Å². The van der Waals surface area contributed by atoms with E-state index in [0.29, 0.717) is 0 Å². The summed E-state index contributed by atoms with van der Waals surface area (Å²) in [6.45, 7) is 7.87. The molecule has 1 atom stereocenters. The highest BCUT2D eigenvalue weighted by Crippen LogP contribution is 2.14. The molecule has 0 unspecified atom stereocenters. The van der Waals surface area contributed by atoms with Gasteiger partial charge in [-0.05, 0) is 26.0 Å². The Bertz CT molecular complexity index is 616. The molecule has 1 aliphatic heterocycles. The van der Waals surface area contributed by atoms with Gasteiger partial charge in [0.15, 0.2) is 0 Å². The summed E-state index contributed by atoms with van der Waals surface area (Å²) in [7, 11) is 2.16. The molecule has 24 heavy (non-hydrogen) atoms. The van der Waals surface area contributed by atoms with E-state index in [1.54, 1.807) is 11.3 Å². The highest BCUT2D eigenvalue weighted by molar-refractivity contribution is 7.09. The van der Waals surface area contributed by atoms with Crippen LogP contribution in [-0.4, -0.2) is 54.2 Å². The fraction of sp³-hybridized carbons (Fsp3) is 0.526. The zero-order valence-corrected chi connectivity index (χ0v) is 15.5. The van der Waals surface area contributed by atoms with Gasteiger partial charge in [-0.3, -0.25) is 9.80 Å². The molecule has 0 saturated carbocycles. The molecule has 3 rings (SSSR count). The Kier molecular flexibility index (Phi) is 6.37. The first-order valence-electron chi connectivity index (χ1n) is 8.66. The van der Waals surface area contributed by atoms with Gasteiger partial charge >= 0.3 is 0 Å². The Balaban J connectivity index is 1.52. The molecule has 1 aliphatic rings. The van der Waals surface area contributed by atoms with Crippen molar-refractivity contribution in [1.82, 2.24) is 14.8 Å². The topological polar surface area (TPSA) is 28.6 Å². The number of aromatic nitrogens is 1. The maximum atomic E-state index is 6.08. The predicted octanol–water partition coefficient (Wildman–Crippen LogP) is 3.17. The SMILES string of the molecule is Cc1nc(CN(C)C[C@@H]2CN(Cc3ccccc3)CCCO2)cs1. The smallest absolute Gasteiger partial charge is 0.0897 e. The van der Waals surface area contributed by atoms with Crippen LogP contribution < -0.4 is 0 Å². The standard InChI is InChI=1S/C19H27N3OS/c1-16-20-18(15-24-16)12-21(2)13-19-14-22(9-6-10-23-19)11-17-7-4-3-5-8-17/h3-5,7-8,15,19H,6,9-14H2,1-2H3/t19-/m1/s1. The number of ether oxygens (including phenoxy) is 1. The van der Waals surface area contributed by atoms with Crippen LogP contribution in [0.15, 0.2) is 35.7 Å². The molecular weight excluding hydrogens is 318 g/mol. The van der Waals surface area contributed by atoms with Gasteiger partial charge in [-0.1, -0.05) is 30.3 Å². The lowest BCUT2D eigenvalue weighted by Crippen LogP contribution is -2.38. The fourth-order valence-electron chi connectivity index (χ4n) is 3.24. The molecule has 2 aromatic rings. The first-order chi connectivity index (χ1) is 11.7. The van der Waals surface area contributed by atoms with Crippen LogP contribution in [0.3, 0.4) is 0 Å². The third-order valence-electron chi connectivity index (χ3n) is 4.30. The minimum absolute atomic E-state index is 0.265. The lowest BCUT2D eigenvalue weighted by Gasteiger charge is -2.27. The van der Waals surface area contributed by atoms with Crippen molar-refractivity contribution in [1.29, 1.82) is 0 Å². The second-order valence-corrected chi connectivity index (χ2v) is 7.68. The largest absolute Gasteiger partial charge is 0.376 e. The van der Waals surface area contributed by atoms with Crippen LogP contribution in [0.5, 0.6) is 0 Å². The van der Waals surface area contributed by atoms with Gasteiger partial charge in [0.2, 0.25) is 0 Å². The second-order valence-electron chi connectivity index (χ2n) is 6.62. The fourth-order valence-corrected chi connectivity index (χ4v) is 3.84. The van der Waals surface area contributed by atoms with Crippen molar-refractivity contribution >= 4 is 11.3 Å². The van der Waals surface area contributed by atoms with Crippen LogP contribution >= 0.6 is 11.3 Å². The van der Waals surface area contributed by atoms with Gasteiger partial charge in [0, 0.05) is 44.7 Å². The summed E-state index contributed by atoms with van der Waals surface area (Å²) in [5.74, 6) is 0. The molecule has 0 N–H and O–H groups in total. The molecule has 1 aromatic heterocycles. The molecule has 5 heteroatoms. The summed E-state index contributed by atoms with van der Waals surface area (Å²) in [5, 5.41) is 3.29. The quantitative estimate of drug-likeness (QED) is 0.804. The summed E-state index contributed by atoms with van der Waals surface area (Å²) < 4.78 is 6.08. The van der Waals surface area contributed by atoms with Crippen LogP contribution in [0.1, 0.15) is 22.7 Å². The lowest BCUT2D eigenvalue weighted by atomic mass is 10.2. The zero-order chi connectivity index (χ0) is 16.8. The minimum atomic E-state index is 0.265. The van der Waals surface area contributed by atoms with Gasteiger partial charge in [-0.15, -0.1) is 11.3 Å². The van der Waals surface area contributed by atoms with E-state index in [2.05, 4.69) is 64.5 Å². The van der Waals surface area contributed by atoms with Gasteiger partial charge in [0.25, 0.3) is 0 Å². The molecule has 130 valence electrons. The lowest BCUT2D eigenvalue weighted by molar-refractivity contribution is 0.0296. The number of hydrogen-bond acceptors (Lipinski definition) is 5. The number of thiazole rings is 1. The van der Waals surface area contributed by atoms with Crippen LogP contribution in [0, 0.1) is 6.92 Å². The Morgan fingerprint density at radius 1 is 1.33 bits per heavy atom. The van der Waals surface area contributed by atoms with E-state index >= 15 is 0 Å². The van der Waals surface area contributed by atoms with Gasteiger partial charge in [0.05, 0.1) is 16.8 Å². The maximum Gasteiger partial charge on any atom is 0.0897 e. The Morgan fingerprint density at radius 2 is 2.17 bits per heavy atom. The molecule has 0 aliphatic carbocycles. The minimum Gasteiger partial charge on any atom is -0.376 e. The highest BCUT2D eigenvalue weighted by atomic mass is 32.1. The van der Waals surface area contributed by atoms with E-state index in [4.69, 9.17) is 4.74 Å². The summed E-state index contributed by atoms with van der Waals surface area (Å²) in [6.07, 6.45) is 1.37. The molecule has 0 radical (unpaired) electrons. The zero-order valence-electron chi connectivity index (χ0n) is 14.6. The van der Waals surface area contributed by atoms with Gasteiger partial charge in [-0.2, -0.15) is 0 Å². The number of benzene rings is 1. The number of likely N-dealkylation sites (N-methyl/N-ethyl adjacent to an activating group) is 1. The van der Waals surface area contributed by atoms with Crippen molar-refractivity contribution in [2.75, 3.05) is 33.3 Å². The van der Waals surface area contributed by atoms with Crippen LogP contribution in [-0.2, 0) is 17.8 Å². The van der Waals surface area contributed by atoms with Crippen molar-refractivity contribution in [3.8, 4) is 0 Å². The highest BCUT2D eigenvalue weighted by Gasteiger charge is 2.20. The normalized spacial score (nSPS) is 19.5. The molecule has 0 amide bonds. The van der Waals surface area contributed by atoms with Crippen LogP contribution in [0.4, 0.5) is 0 Å².